The van der Waals surface area contributed by atoms with E-state index < -0.39 is 0 Å². The van der Waals surface area contributed by atoms with Crippen LogP contribution in [0.25, 0.3) is 0 Å². The van der Waals surface area contributed by atoms with Crippen LogP contribution in [0.2, 0.25) is 0 Å². The maximum absolute atomic E-state index is 5.50. The van der Waals surface area contributed by atoms with Crippen molar-refractivity contribution < 1.29 is 0 Å². The van der Waals surface area contributed by atoms with Gasteiger partial charge in [-0.15, -0.1) is 11.6 Å². The van der Waals surface area contributed by atoms with Crippen LogP contribution in [0.15, 0.2) is 0 Å². The lowest BCUT2D eigenvalue weighted by molar-refractivity contribution is 1.43. The van der Waals surface area contributed by atoms with E-state index in [0.717, 1.165) is 6.42 Å². The molecule has 0 aromatic carbocycles. The van der Waals surface area contributed by atoms with Crippen LogP contribution in [0.3, 0.4) is 0 Å². The fourth-order valence-electron chi connectivity index (χ4n) is 0.0772. The van der Waals surface area contributed by atoms with Crippen molar-refractivity contribution in [1.29, 1.82) is 0 Å². The van der Waals surface area contributed by atoms with Crippen molar-refractivity contribution in [3.8, 4) is 0 Å². The summed E-state index contributed by atoms with van der Waals surface area (Å²) in [5, 5.41) is 0. The third kappa shape index (κ3) is 1.10. The van der Waals surface area contributed by atoms with Gasteiger partial charge in [-0.1, -0.05) is 15.9 Å². The van der Waals surface area contributed by atoms with E-state index in [-0.39, 0.29) is 3.78 Å². The van der Waals surface area contributed by atoms with Gasteiger partial charge in [-0.3, -0.25) is 0 Å². The van der Waals surface area contributed by atoms with Gasteiger partial charge in [0.25, 0.3) is 0 Å². The molecule has 1 unspecified atom stereocenters. The Bertz CT molecular complexity index is 44.9. The molecule has 0 aliphatic heterocycles. The van der Waals surface area contributed by atoms with E-state index in [4.69, 9.17) is 11.6 Å². The maximum atomic E-state index is 5.50. The van der Waals surface area contributed by atoms with Crippen molar-refractivity contribution in [1.82, 2.24) is 0 Å². The van der Waals surface area contributed by atoms with E-state index in [9.17, 15) is 0 Å². The molecule has 0 bridgehead atoms. The van der Waals surface area contributed by atoms with Crippen molar-refractivity contribution in [2.75, 3.05) is 0 Å². The lowest BCUT2D eigenvalue weighted by Crippen LogP contribution is -1.72. The van der Waals surface area contributed by atoms with Gasteiger partial charge in [-0.2, -0.15) is 0 Å². The van der Waals surface area contributed by atoms with E-state index in [2.05, 4.69) is 15.9 Å². The second kappa shape index (κ2) is 0.881. The van der Waals surface area contributed by atoms with Crippen molar-refractivity contribution >= 4 is 27.5 Å². The highest BCUT2D eigenvalue weighted by molar-refractivity contribution is 9.10. The summed E-state index contributed by atoms with van der Waals surface area (Å²) < 4.78 is -0.0903. The fourth-order valence-corrected chi connectivity index (χ4v) is 0.316. The minimum absolute atomic E-state index is 0.0903. The first-order valence-corrected chi connectivity index (χ1v) is 2.60. The quantitative estimate of drug-likeness (QED) is 0.468. The fraction of sp³-hybridized carbons (Fsp3) is 0.667. The number of hydrogen-bond donors (Lipinski definition) is 0. The highest BCUT2D eigenvalue weighted by Crippen LogP contribution is 2.46. The van der Waals surface area contributed by atoms with Gasteiger partial charge in [-0.25, -0.2) is 0 Å². The van der Waals surface area contributed by atoms with E-state index in [1.54, 1.807) is 0 Å². The molecule has 1 aliphatic rings. The monoisotopic (exact) mass is 153 g/mol. The number of rotatable bonds is 0. The summed E-state index contributed by atoms with van der Waals surface area (Å²) in [4.78, 5) is 0. The minimum Gasteiger partial charge on any atom is -0.106 e. The molecule has 0 spiro atoms. The van der Waals surface area contributed by atoms with Gasteiger partial charge in [0.15, 0.2) is 0 Å². The second-order valence-electron chi connectivity index (χ2n) is 1.17. The van der Waals surface area contributed by atoms with Crippen molar-refractivity contribution in [2.24, 2.45) is 0 Å². The summed E-state index contributed by atoms with van der Waals surface area (Å²) in [5.74, 6) is 0. The van der Waals surface area contributed by atoms with E-state index in [1.165, 1.54) is 0 Å². The highest BCUT2D eigenvalue weighted by Gasteiger charge is 2.37. The smallest absolute Gasteiger partial charge is 0.103 e. The molecular formula is C3H3BrCl. The van der Waals surface area contributed by atoms with Gasteiger partial charge in [-0.05, 0) is 12.8 Å². The Hall–Kier alpha value is 0.770. The standard InChI is InChI=1S/C3H3BrCl/c4-3(5)1-2-3/h1H,2H2. The predicted octanol–water partition coefficient (Wildman–Crippen LogP) is 1.92. The molecule has 1 radical (unpaired) electrons. The molecule has 1 aliphatic carbocycles. The first-order valence-electron chi connectivity index (χ1n) is 1.43. The van der Waals surface area contributed by atoms with E-state index in [1.807, 2.05) is 6.42 Å². The lowest BCUT2D eigenvalue weighted by Gasteiger charge is -1.79. The third-order valence-electron chi connectivity index (χ3n) is 0.513. The van der Waals surface area contributed by atoms with E-state index >= 15 is 0 Å². The van der Waals surface area contributed by atoms with Gasteiger partial charge in [0.05, 0.1) is 0 Å². The first-order chi connectivity index (χ1) is 2.21. The summed E-state index contributed by atoms with van der Waals surface area (Å²) in [6, 6.07) is 0. The zero-order valence-corrected chi connectivity index (χ0v) is 4.88. The molecule has 0 nitrogen and oxygen atoms in total. The third-order valence-corrected chi connectivity index (χ3v) is 1.47. The van der Waals surface area contributed by atoms with Crippen LogP contribution in [0.4, 0.5) is 0 Å². The molecule has 0 saturated heterocycles. The highest BCUT2D eigenvalue weighted by atomic mass is 79.9. The van der Waals surface area contributed by atoms with Crippen LogP contribution in [-0.2, 0) is 0 Å². The van der Waals surface area contributed by atoms with Gasteiger partial charge in [0.2, 0.25) is 0 Å². The van der Waals surface area contributed by atoms with Crippen LogP contribution >= 0.6 is 27.5 Å². The molecule has 0 aromatic heterocycles. The minimum atomic E-state index is -0.0903. The number of alkyl halides is 2. The summed E-state index contributed by atoms with van der Waals surface area (Å²) in [5.41, 5.74) is 0. The van der Waals surface area contributed by atoms with E-state index in [0.29, 0.717) is 0 Å². The molecule has 1 saturated carbocycles. The van der Waals surface area contributed by atoms with Crippen LogP contribution in [0.1, 0.15) is 6.42 Å². The Kier molecular flexibility index (Phi) is 0.695. The molecule has 0 aromatic rings. The summed E-state index contributed by atoms with van der Waals surface area (Å²) in [6.07, 6.45) is 3.00. The Labute approximate surface area is 44.6 Å². The molecule has 2 heteroatoms. The molecule has 1 rings (SSSR count). The summed E-state index contributed by atoms with van der Waals surface area (Å²) in [6.45, 7) is 0. The summed E-state index contributed by atoms with van der Waals surface area (Å²) >= 11 is 8.70. The number of halogens is 2. The van der Waals surface area contributed by atoms with Crippen LogP contribution in [0.5, 0.6) is 0 Å². The molecule has 0 N–H and O–H groups in total. The zero-order valence-electron chi connectivity index (χ0n) is 2.54. The van der Waals surface area contributed by atoms with Gasteiger partial charge in [0, 0.05) is 0 Å². The topological polar surface area (TPSA) is 0 Å². The van der Waals surface area contributed by atoms with Crippen LogP contribution in [-0.4, -0.2) is 3.78 Å². The van der Waals surface area contributed by atoms with Crippen LogP contribution < -0.4 is 0 Å². The normalized spacial score (nSPS) is 30.0. The molecule has 1 fully saturated rings. The maximum Gasteiger partial charge on any atom is 0.103 e. The summed E-state index contributed by atoms with van der Waals surface area (Å²) in [7, 11) is 0. The first kappa shape index (κ1) is 3.94. The van der Waals surface area contributed by atoms with Gasteiger partial charge < -0.3 is 0 Å². The molecule has 0 heterocycles. The molecule has 1 atom stereocenters. The van der Waals surface area contributed by atoms with Gasteiger partial charge in [0.1, 0.15) is 3.78 Å². The van der Waals surface area contributed by atoms with Crippen molar-refractivity contribution in [3.05, 3.63) is 6.42 Å². The SMILES string of the molecule is ClC1(Br)[CH]C1. The molecule has 0 amide bonds. The molecule has 29 valence electrons. The van der Waals surface area contributed by atoms with Gasteiger partial charge >= 0.3 is 0 Å². The second-order valence-corrected chi connectivity index (χ2v) is 3.72. The predicted molar refractivity (Wildman–Crippen MR) is 26.4 cm³/mol. The van der Waals surface area contributed by atoms with Crippen LogP contribution in [0, 0.1) is 6.42 Å². The average Bonchev–Trinajstić information content (AvgIpc) is 1.76. The number of hydrogen-bond acceptors (Lipinski definition) is 0. The van der Waals surface area contributed by atoms with Crippen molar-refractivity contribution in [2.45, 2.75) is 10.2 Å². The average molecular weight is 154 g/mol. The Morgan fingerprint density at radius 1 is 2.00 bits per heavy atom. The largest absolute Gasteiger partial charge is 0.106 e. The molecule has 5 heavy (non-hydrogen) atoms. The Morgan fingerprint density at radius 2 is 2.20 bits per heavy atom. The Morgan fingerprint density at radius 3 is 2.20 bits per heavy atom. The molecular weight excluding hydrogens is 151 g/mol. The lowest BCUT2D eigenvalue weighted by atomic mass is 11.0. The Balaban J connectivity index is 2.38. The van der Waals surface area contributed by atoms with Crippen molar-refractivity contribution in [3.63, 3.8) is 0 Å². The zero-order chi connectivity index (χ0) is 3.91.